The number of nitrogens with two attached hydrogens (primary N) is 1. The number of rotatable bonds is 3. The standard InChI is InChI=1S/C13H18N2O2/c1-9(2)15-10-5-3-4-6-11(10)17-12(7-8-14)13(15)16/h3-6,9,12H,7-8,14H2,1-2H3. The van der Waals surface area contributed by atoms with Crippen LogP contribution in [0.3, 0.4) is 0 Å². The molecule has 1 unspecified atom stereocenters. The molecule has 92 valence electrons. The van der Waals surface area contributed by atoms with E-state index in [9.17, 15) is 4.79 Å². The van der Waals surface area contributed by atoms with Crippen molar-refractivity contribution in [1.29, 1.82) is 0 Å². The number of anilines is 1. The maximum Gasteiger partial charge on any atom is 0.268 e. The summed E-state index contributed by atoms with van der Waals surface area (Å²) in [6.07, 6.45) is 0.105. The van der Waals surface area contributed by atoms with E-state index in [-0.39, 0.29) is 11.9 Å². The number of carbonyl (C=O) groups excluding carboxylic acids is 1. The average molecular weight is 234 g/mol. The number of fused-ring (bicyclic) bond motifs is 1. The SMILES string of the molecule is CC(C)N1C(=O)C(CCN)Oc2ccccc21. The van der Waals surface area contributed by atoms with Gasteiger partial charge in [-0.1, -0.05) is 12.1 Å². The largest absolute Gasteiger partial charge is 0.478 e. The molecule has 1 amide bonds. The summed E-state index contributed by atoms with van der Waals surface area (Å²) in [6.45, 7) is 4.45. The highest BCUT2D eigenvalue weighted by atomic mass is 16.5. The van der Waals surface area contributed by atoms with E-state index in [0.717, 1.165) is 11.4 Å². The predicted octanol–water partition coefficient (Wildman–Crippen LogP) is 1.54. The molecule has 0 saturated carbocycles. The molecule has 0 spiro atoms. The Balaban J connectivity index is 2.39. The number of para-hydroxylation sites is 2. The molecule has 4 nitrogen and oxygen atoms in total. The number of nitrogens with zero attached hydrogens (tertiary/aromatic N) is 1. The van der Waals surface area contributed by atoms with Crippen LogP contribution in [0, 0.1) is 0 Å². The van der Waals surface area contributed by atoms with E-state index >= 15 is 0 Å². The van der Waals surface area contributed by atoms with Crippen LogP contribution in [-0.4, -0.2) is 24.6 Å². The molecular formula is C13H18N2O2. The number of carbonyl (C=O) groups is 1. The molecule has 0 saturated heterocycles. The van der Waals surface area contributed by atoms with Crippen LogP contribution >= 0.6 is 0 Å². The van der Waals surface area contributed by atoms with Gasteiger partial charge in [0.15, 0.2) is 6.10 Å². The van der Waals surface area contributed by atoms with Crippen LogP contribution in [0.15, 0.2) is 24.3 Å². The quantitative estimate of drug-likeness (QED) is 0.863. The topological polar surface area (TPSA) is 55.6 Å². The number of ether oxygens (including phenoxy) is 1. The first-order chi connectivity index (χ1) is 8.15. The lowest BCUT2D eigenvalue weighted by Crippen LogP contribution is -2.49. The number of hydrogen-bond donors (Lipinski definition) is 1. The lowest BCUT2D eigenvalue weighted by atomic mass is 10.1. The van der Waals surface area contributed by atoms with Crippen molar-refractivity contribution in [3.63, 3.8) is 0 Å². The zero-order chi connectivity index (χ0) is 12.4. The smallest absolute Gasteiger partial charge is 0.268 e. The summed E-state index contributed by atoms with van der Waals surface area (Å²) in [7, 11) is 0. The maximum absolute atomic E-state index is 12.3. The third-order valence-electron chi connectivity index (χ3n) is 2.85. The zero-order valence-electron chi connectivity index (χ0n) is 10.2. The molecule has 2 rings (SSSR count). The van der Waals surface area contributed by atoms with E-state index in [2.05, 4.69) is 0 Å². The minimum atomic E-state index is -0.447. The molecular weight excluding hydrogens is 216 g/mol. The number of hydrogen-bond acceptors (Lipinski definition) is 3. The summed E-state index contributed by atoms with van der Waals surface area (Å²) in [5.41, 5.74) is 6.36. The molecule has 0 aliphatic carbocycles. The van der Waals surface area contributed by atoms with Gasteiger partial charge in [-0.3, -0.25) is 4.79 Å². The van der Waals surface area contributed by atoms with Crippen molar-refractivity contribution in [2.75, 3.05) is 11.4 Å². The summed E-state index contributed by atoms with van der Waals surface area (Å²) in [4.78, 5) is 14.1. The second kappa shape index (κ2) is 4.75. The molecule has 4 heteroatoms. The van der Waals surface area contributed by atoms with E-state index < -0.39 is 6.10 Å². The van der Waals surface area contributed by atoms with Crippen molar-refractivity contribution < 1.29 is 9.53 Å². The van der Waals surface area contributed by atoms with Crippen LogP contribution in [0.5, 0.6) is 5.75 Å². The molecule has 1 heterocycles. The second-order valence-electron chi connectivity index (χ2n) is 4.45. The fraction of sp³-hybridized carbons (Fsp3) is 0.462. The zero-order valence-corrected chi connectivity index (χ0v) is 10.2. The highest BCUT2D eigenvalue weighted by Gasteiger charge is 2.34. The van der Waals surface area contributed by atoms with Crippen molar-refractivity contribution in [3.8, 4) is 5.75 Å². The summed E-state index contributed by atoms with van der Waals surface area (Å²) >= 11 is 0. The molecule has 1 aromatic carbocycles. The fourth-order valence-electron chi connectivity index (χ4n) is 2.10. The molecule has 17 heavy (non-hydrogen) atoms. The molecule has 1 atom stereocenters. The highest BCUT2D eigenvalue weighted by Crippen LogP contribution is 2.35. The second-order valence-corrected chi connectivity index (χ2v) is 4.45. The van der Waals surface area contributed by atoms with E-state index in [1.54, 1.807) is 4.90 Å². The van der Waals surface area contributed by atoms with E-state index in [1.165, 1.54) is 0 Å². The monoisotopic (exact) mass is 234 g/mol. The van der Waals surface area contributed by atoms with Gasteiger partial charge in [-0.15, -0.1) is 0 Å². The van der Waals surface area contributed by atoms with Crippen LogP contribution in [0.2, 0.25) is 0 Å². The van der Waals surface area contributed by atoms with Crippen LogP contribution < -0.4 is 15.4 Å². The minimum absolute atomic E-state index is 0.00384. The van der Waals surface area contributed by atoms with Crippen LogP contribution in [-0.2, 0) is 4.79 Å². The first-order valence-corrected chi connectivity index (χ1v) is 5.94. The Labute approximate surface area is 101 Å². The van der Waals surface area contributed by atoms with E-state index in [0.29, 0.717) is 13.0 Å². The summed E-state index contributed by atoms with van der Waals surface area (Å²) in [5.74, 6) is 0.767. The lowest BCUT2D eigenvalue weighted by molar-refractivity contribution is -0.126. The van der Waals surface area contributed by atoms with Gasteiger partial charge in [0.2, 0.25) is 0 Å². The molecule has 0 aromatic heterocycles. The van der Waals surface area contributed by atoms with Crippen LogP contribution in [0.4, 0.5) is 5.69 Å². The number of benzene rings is 1. The van der Waals surface area contributed by atoms with Gasteiger partial charge in [0, 0.05) is 12.5 Å². The van der Waals surface area contributed by atoms with Gasteiger partial charge in [-0.2, -0.15) is 0 Å². The van der Waals surface area contributed by atoms with Gasteiger partial charge < -0.3 is 15.4 Å². The van der Waals surface area contributed by atoms with Gasteiger partial charge in [-0.05, 0) is 32.5 Å². The number of amides is 1. The Bertz CT molecular complexity index is 418. The summed E-state index contributed by atoms with van der Waals surface area (Å²) in [6, 6.07) is 7.74. The normalized spacial score (nSPS) is 19.2. The van der Waals surface area contributed by atoms with Gasteiger partial charge in [0.1, 0.15) is 5.75 Å². The Morgan fingerprint density at radius 2 is 2.12 bits per heavy atom. The molecule has 2 N–H and O–H groups in total. The Morgan fingerprint density at radius 1 is 1.41 bits per heavy atom. The van der Waals surface area contributed by atoms with Crippen molar-refractivity contribution in [1.82, 2.24) is 0 Å². The van der Waals surface area contributed by atoms with Gasteiger partial charge in [0.05, 0.1) is 5.69 Å². The molecule has 1 aliphatic heterocycles. The average Bonchev–Trinajstić information content (AvgIpc) is 2.30. The Morgan fingerprint density at radius 3 is 2.76 bits per heavy atom. The van der Waals surface area contributed by atoms with Crippen LogP contribution in [0.1, 0.15) is 20.3 Å². The molecule has 0 fully saturated rings. The third kappa shape index (κ3) is 2.13. The highest BCUT2D eigenvalue weighted by molar-refractivity contribution is 6.00. The molecule has 1 aliphatic rings. The van der Waals surface area contributed by atoms with Crippen molar-refractivity contribution in [3.05, 3.63) is 24.3 Å². The first kappa shape index (κ1) is 11.9. The van der Waals surface area contributed by atoms with Crippen molar-refractivity contribution in [2.45, 2.75) is 32.4 Å². The Kier molecular flexibility index (Phi) is 3.33. The first-order valence-electron chi connectivity index (χ1n) is 5.94. The third-order valence-corrected chi connectivity index (χ3v) is 2.85. The Hall–Kier alpha value is -1.55. The van der Waals surface area contributed by atoms with Crippen molar-refractivity contribution >= 4 is 11.6 Å². The van der Waals surface area contributed by atoms with E-state index in [4.69, 9.17) is 10.5 Å². The van der Waals surface area contributed by atoms with Gasteiger partial charge in [0.25, 0.3) is 5.91 Å². The van der Waals surface area contributed by atoms with Gasteiger partial charge in [-0.25, -0.2) is 0 Å². The van der Waals surface area contributed by atoms with Gasteiger partial charge >= 0.3 is 0 Å². The molecule has 1 aromatic rings. The fourth-order valence-corrected chi connectivity index (χ4v) is 2.10. The van der Waals surface area contributed by atoms with E-state index in [1.807, 2.05) is 38.1 Å². The van der Waals surface area contributed by atoms with Crippen molar-refractivity contribution in [2.24, 2.45) is 5.73 Å². The minimum Gasteiger partial charge on any atom is -0.478 e. The predicted molar refractivity (Wildman–Crippen MR) is 67.2 cm³/mol. The summed E-state index contributed by atoms with van der Waals surface area (Å²) < 4.78 is 5.69. The summed E-state index contributed by atoms with van der Waals surface area (Å²) in [5, 5.41) is 0. The van der Waals surface area contributed by atoms with Crippen LogP contribution in [0.25, 0.3) is 0 Å². The lowest BCUT2D eigenvalue weighted by Gasteiger charge is -2.36. The maximum atomic E-state index is 12.3. The molecule has 0 bridgehead atoms. The molecule has 0 radical (unpaired) electrons.